The van der Waals surface area contributed by atoms with Crippen LogP contribution in [0, 0.1) is 11.3 Å². The molecule has 3 heteroatoms. The van der Waals surface area contributed by atoms with Crippen LogP contribution in [0.5, 0.6) is 0 Å². The van der Waals surface area contributed by atoms with Gasteiger partial charge in [0.2, 0.25) is 0 Å². The Bertz CT molecular complexity index is 192. The highest BCUT2D eigenvalue weighted by Gasteiger charge is 2.16. The minimum Gasteiger partial charge on any atom is -0.315 e. The largest absolute Gasteiger partial charge is 0.315 e. The van der Waals surface area contributed by atoms with Crippen LogP contribution in [0.25, 0.3) is 0 Å². The average molecular weight is 209 g/mol. The van der Waals surface area contributed by atoms with Crippen molar-refractivity contribution in [2.45, 2.75) is 45.1 Å². The monoisotopic (exact) mass is 209 g/mol. The summed E-state index contributed by atoms with van der Waals surface area (Å²) < 4.78 is 0. The zero-order valence-electron chi connectivity index (χ0n) is 9.84. The van der Waals surface area contributed by atoms with Crippen LogP contribution >= 0.6 is 0 Å². The van der Waals surface area contributed by atoms with Crippen molar-refractivity contribution in [3.63, 3.8) is 0 Å². The van der Waals surface area contributed by atoms with E-state index in [4.69, 9.17) is 5.26 Å². The van der Waals surface area contributed by atoms with Crippen molar-refractivity contribution in [2.24, 2.45) is 0 Å². The van der Waals surface area contributed by atoms with Crippen LogP contribution in [0.1, 0.15) is 39.0 Å². The van der Waals surface area contributed by atoms with Crippen molar-refractivity contribution in [2.75, 3.05) is 26.2 Å². The number of hydrogen-bond acceptors (Lipinski definition) is 3. The third-order valence-corrected chi connectivity index (χ3v) is 3.10. The Morgan fingerprint density at radius 1 is 1.33 bits per heavy atom. The number of nitrogens with one attached hydrogen (secondary N) is 1. The molecule has 0 aromatic rings. The van der Waals surface area contributed by atoms with Crippen molar-refractivity contribution in [3.8, 4) is 6.07 Å². The molecule has 1 unspecified atom stereocenters. The zero-order chi connectivity index (χ0) is 10.9. The second-order valence-corrected chi connectivity index (χ2v) is 4.41. The Hall–Kier alpha value is -0.590. The molecule has 0 aliphatic carbocycles. The predicted octanol–water partition coefficient (Wildman–Crippen LogP) is 1.75. The summed E-state index contributed by atoms with van der Waals surface area (Å²) in [4.78, 5) is 2.56. The molecule has 0 radical (unpaired) electrons. The van der Waals surface area contributed by atoms with E-state index in [9.17, 15) is 0 Å². The van der Waals surface area contributed by atoms with E-state index in [0.29, 0.717) is 12.5 Å². The highest BCUT2D eigenvalue weighted by atomic mass is 15.2. The zero-order valence-corrected chi connectivity index (χ0v) is 9.84. The van der Waals surface area contributed by atoms with Gasteiger partial charge in [0.15, 0.2) is 0 Å². The van der Waals surface area contributed by atoms with Crippen molar-refractivity contribution in [3.05, 3.63) is 0 Å². The maximum Gasteiger partial charge on any atom is 0.0621 e. The summed E-state index contributed by atoms with van der Waals surface area (Å²) in [5, 5.41) is 11.8. The minimum atomic E-state index is 0.670. The molecular weight excluding hydrogens is 186 g/mol. The third-order valence-electron chi connectivity index (χ3n) is 3.10. The molecule has 0 spiro atoms. The van der Waals surface area contributed by atoms with Crippen LogP contribution in [-0.2, 0) is 0 Å². The van der Waals surface area contributed by atoms with E-state index in [2.05, 4.69) is 23.2 Å². The molecule has 1 N–H and O–H groups in total. The molecule has 0 aromatic carbocycles. The summed E-state index contributed by atoms with van der Waals surface area (Å²) in [5.41, 5.74) is 0. The van der Waals surface area contributed by atoms with E-state index in [0.717, 1.165) is 25.9 Å². The smallest absolute Gasteiger partial charge is 0.0621 e. The number of rotatable bonds is 7. The van der Waals surface area contributed by atoms with Gasteiger partial charge in [-0.1, -0.05) is 0 Å². The van der Waals surface area contributed by atoms with E-state index >= 15 is 0 Å². The summed E-state index contributed by atoms with van der Waals surface area (Å²) in [7, 11) is 0. The standard InChI is InChI=1S/C12H23N3/c1-12(15-9-5-6-10-15)11-14-8-4-2-3-7-13/h12,14H,2-6,8-11H2,1H3. The normalized spacial score (nSPS) is 18.9. The van der Waals surface area contributed by atoms with Gasteiger partial charge in [-0.05, 0) is 52.2 Å². The Morgan fingerprint density at radius 2 is 2.07 bits per heavy atom. The highest BCUT2D eigenvalue weighted by molar-refractivity contribution is 4.74. The second kappa shape index (κ2) is 7.67. The first-order valence-electron chi connectivity index (χ1n) is 6.16. The van der Waals surface area contributed by atoms with Gasteiger partial charge in [0.25, 0.3) is 0 Å². The molecule has 15 heavy (non-hydrogen) atoms. The fraction of sp³-hybridized carbons (Fsp3) is 0.917. The lowest BCUT2D eigenvalue weighted by molar-refractivity contribution is 0.252. The summed E-state index contributed by atoms with van der Waals surface area (Å²) in [5.74, 6) is 0. The molecule has 0 aromatic heterocycles. The maximum absolute atomic E-state index is 8.38. The topological polar surface area (TPSA) is 39.1 Å². The lowest BCUT2D eigenvalue weighted by Gasteiger charge is -2.23. The van der Waals surface area contributed by atoms with Crippen LogP contribution in [0.2, 0.25) is 0 Å². The molecule has 0 saturated carbocycles. The lowest BCUT2D eigenvalue weighted by atomic mass is 10.2. The van der Waals surface area contributed by atoms with Gasteiger partial charge < -0.3 is 5.32 Å². The van der Waals surface area contributed by atoms with Gasteiger partial charge in [-0.25, -0.2) is 0 Å². The first kappa shape index (κ1) is 12.5. The van der Waals surface area contributed by atoms with Crippen LogP contribution in [-0.4, -0.2) is 37.1 Å². The number of nitriles is 1. The Kier molecular flexibility index (Phi) is 6.38. The van der Waals surface area contributed by atoms with E-state index in [1.807, 2.05) is 0 Å². The fourth-order valence-corrected chi connectivity index (χ4v) is 2.08. The van der Waals surface area contributed by atoms with Crippen molar-refractivity contribution in [1.82, 2.24) is 10.2 Å². The van der Waals surface area contributed by atoms with Crippen LogP contribution in [0.15, 0.2) is 0 Å². The highest BCUT2D eigenvalue weighted by Crippen LogP contribution is 2.10. The molecule has 3 nitrogen and oxygen atoms in total. The fourth-order valence-electron chi connectivity index (χ4n) is 2.08. The quantitative estimate of drug-likeness (QED) is 0.649. The molecule has 0 bridgehead atoms. The van der Waals surface area contributed by atoms with Gasteiger partial charge in [-0.3, -0.25) is 4.90 Å². The molecule has 1 aliphatic rings. The molecular formula is C12H23N3. The van der Waals surface area contributed by atoms with Crippen LogP contribution in [0.3, 0.4) is 0 Å². The number of likely N-dealkylation sites (tertiary alicyclic amines) is 1. The number of hydrogen-bond donors (Lipinski definition) is 1. The van der Waals surface area contributed by atoms with Gasteiger partial charge in [-0.15, -0.1) is 0 Å². The van der Waals surface area contributed by atoms with Crippen molar-refractivity contribution >= 4 is 0 Å². The van der Waals surface area contributed by atoms with E-state index < -0.39 is 0 Å². The Morgan fingerprint density at radius 3 is 2.73 bits per heavy atom. The molecule has 1 rings (SSSR count). The molecule has 0 amide bonds. The summed E-state index contributed by atoms with van der Waals surface area (Å²) in [6, 6.07) is 2.85. The maximum atomic E-state index is 8.38. The van der Waals surface area contributed by atoms with E-state index in [-0.39, 0.29) is 0 Å². The number of unbranched alkanes of at least 4 members (excludes halogenated alkanes) is 2. The van der Waals surface area contributed by atoms with Gasteiger partial charge in [0, 0.05) is 19.0 Å². The Balaban J connectivity index is 1.92. The summed E-state index contributed by atoms with van der Waals surface area (Å²) in [6.07, 6.45) is 5.59. The van der Waals surface area contributed by atoms with Gasteiger partial charge >= 0.3 is 0 Å². The van der Waals surface area contributed by atoms with Crippen molar-refractivity contribution in [1.29, 1.82) is 5.26 Å². The average Bonchev–Trinajstić information content (AvgIpc) is 2.76. The molecule has 1 aliphatic heterocycles. The SMILES string of the molecule is CC(CNCCCCC#N)N1CCCC1. The van der Waals surface area contributed by atoms with Crippen molar-refractivity contribution < 1.29 is 0 Å². The summed E-state index contributed by atoms with van der Waals surface area (Å²) in [6.45, 7) is 6.99. The van der Waals surface area contributed by atoms with Gasteiger partial charge in [0.1, 0.15) is 0 Å². The number of nitrogens with zero attached hydrogens (tertiary/aromatic N) is 2. The molecule has 86 valence electrons. The van der Waals surface area contributed by atoms with Crippen LogP contribution in [0.4, 0.5) is 0 Å². The van der Waals surface area contributed by atoms with Gasteiger partial charge in [0.05, 0.1) is 6.07 Å². The van der Waals surface area contributed by atoms with Gasteiger partial charge in [-0.2, -0.15) is 5.26 Å². The van der Waals surface area contributed by atoms with E-state index in [1.54, 1.807) is 0 Å². The second-order valence-electron chi connectivity index (χ2n) is 4.41. The predicted molar refractivity (Wildman–Crippen MR) is 62.6 cm³/mol. The van der Waals surface area contributed by atoms with E-state index in [1.165, 1.54) is 25.9 Å². The first-order chi connectivity index (χ1) is 7.34. The Labute approximate surface area is 93.5 Å². The minimum absolute atomic E-state index is 0.670. The molecule has 1 heterocycles. The summed E-state index contributed by atoms with van der Waals surface area (Å²) >= 11 is 0. The third kappa shape index (κ3) is 5.15. The van der Waals surface area contributed by atoms with Crippen LogP contribution < -0.4 is 5.32 Å². The lowest BCUT2D eigenvalue weighted by Crippen LogP contribution is -2.38. The molecule has 1 saturated heterocycles. The first-order valence-corrected chi connectivity index (χ1v) is 6.16. The molecule has 1 fully saturated rings. The molecule has 1 atom stereocenters.